The van der Waals surface area contributed by atoms with Gasteiger partial charge in [0.05, 0.1) is 0 Å². The number of hydrogen-bond acceptors (Lipinski definition) is 2. The molecule has 0 unspecified atom stereocenters. The molecule has 0 aromatic heterocycles. The third kappa shape index (κ3) is 4.45. The molecule has 1 saturated carbocycles. The normalized spacial score (nSPS) is 16.6. The van der Waals surface area contributed by atoms with Crippen LogP contribution in [-0.4, -0.2) is 30.8 Å². The summed E-state index contributed by atoms with van der Waals surface area (Å²) in [6, 6.07) is 7.89. The summed E-state index contributed by atoms with van der Waals surface area (Å²) < 4.78 is 0. The fourth-order valence-electron chi connectivity index (χ4n) is 3.21. The summed E-state index contributed by atoms with van der Waals surface area (Å²) in [6.45, 7) is 4.05. The highest BCUT2D eigenvalue weighted by atomic mass is 16.1. The van der Waals surface area contributed by atoms with Crippen molar-refractivity contribution in [3.05, 3.63) is 35.4 Å². The molecule has 2 rings (SSSR count). The van der Waals surface area contributed by atoms with Crippen LogP contribution in [0.25, 0.3) is 0 Å². The van der Waals surface area contributed by atoms with Crippen molar-refractivity contribution >= 4 is 5.78 Å². The second-order valence-corrected chi connectivity index (χ2v) is 6.25. The summed E-state index contributed by atoms with van der Waals surface area (Å²) >= 11 is 0. The third-order valence-electron chi connectivity index (χ3n) is 4.46. The zero-order valence-corrected chi connectivity index (χ0v) is 12.9. The van der Waals surface area contributed by atoms with Crippen LogP contribution in [0.1, 0.15) is 54.4 Å². The second kappa shape index (κ2) is 7.58. The molecule has 0 aliphatic heterocycles. The van der Waals surface area contributed by atoms with E-state index in [0.717, 1.165) is 30.1 Å². The monoisotopic (exact) mass is 273 g/mol. The molecule has 0 atom stereocenters. The number of rotatable bonds is 6. The minimum atomic E-state index is 0.276. The average Bonchev–Trinajstić information content (AvgIpc) is 2.46. The molecule has 1 aliphatic carbocycles. The maximum Gasteiger partial charge on any atom is 0.164 e. The van der Waals surface area contributed by atoms with Gasteiger partial charge in [0.1, 0.15) is 0 Å². The SMILES string of the molecule is Cc1ccccc1C(=O)CCN(C)CC1CCCCC1. The molecule has 0 bridgehead atoms. The highest BCUT2D eigenvalue weighted by Gasteiger charge is 2.16. The van der Waals surface area contributed by atoms with Crippen molar-refractivity contribution in [3.63, 3.8) is 0 Å². The topological polar surface area (TPSA) is 20.3 Å². The van der Waals surface area contributed by atoms with Gasteiger partial charge in [-0.1, -0.05) is 43.5 Å². The molecule has 1 fully saturated rings. The third-order valence-corrected chi connectivity index (χ3v) is 4.46. The minimum absolute atomic E-state index is 0.276. The molecule has 110 valence electrons. The van der Waals surface area contributed by atoms with Crippen molar-refractivity contribution < 1.29 is 4.79 Å². The molecule has 1 aromatic rings. The first-order valence-electron chi connectivity index (χ1n) is 7.94. The molecule has 1 aliphatic rings. The molecule has 2 heteroatoms. The highest BCUT2D eigenvalue weighted by molar-refractivity contribution is 5.97. The predicted octanol–water partition coefficient (Wildman–Crippen LogP) is 4.08. The van der Waals surface area contributed by atoms with Crippen molar-refractivity contribution in [3.8, 4) is 0 Å². The lowest BCUT2D eigenvalue weighted by atomic mass is 9.89. The van der Waals surface area contributed by atoms with E-state index in [4.69, 9.17) is 0 Å². The Morgan fingerprint density at radius 1 is 1.20 bits per heavy atom. The molecular formula is C18H27NO. The fraction of sp³-hybridized carbons (Fsp3) is 0.611. The Bertz CT molecular complexity index is 435. The van der Waals surface area contributed by atoms with Crippen LogP contribution in [0.4, 0.5) is 0 Å². The Labute approximate surface area is 123 Å². The van der Waals surface area contributed by atoms with Crippen LogP contribution in [0.2, 0.25) is 0 Å². The van der Waals surface area contributed by atoms with E-state index in [1.54, 1.807) is 0 Å². The molecular weight excluding hydrogens is 246 g/mol. The number of carbonyl (C=O) groups is 1. The number of carbonyl (C=O) groups excluding carboxylic acids is 1. The van der Waals surface area contributed by atoms with E-state index < -0.39 is 0 Å². The second-order valence-electron chi connectivity index (χ2n) is 6.25. The van der Waals surface area contributed by atoms with Crippen LogP contribution in [0.3, 0.4) is 0 Å². The molecule has 1 aromatic carbocycles. The van der Waals surface area contributed by atoms with Gasteiger partial charge in [0.25, 0.3) is 0 Å². The predicted molar refractivity (Wildman–Crippen MR) is 84.2 cm³/mol. The van der Waals surface area contributed by atoms with E-state index in [0.29, 0.717) is 6.42 Å². The molecule has 0 saturated heterocycles. The van der Waals surface area contributed by atoms with Gasteiger partial charge in [-0.15, -0.1) is 0 Å². The molecule has 0 heterocycles. The Hall–Kier alpha value is -1.15. The van der Waals surface area contributed by atoms with Crippen molar-refractivity contribution in [2.75, 3.05) is 20.1 Å². The van der Waals surface area contributed by atoms with Crippen molar-refractivity contribution in [2.24, 2.45) is 5.92 Å². The Kier molecular flexibility index (Phi) is 5.78. The van der Waals surface area contributed by atoms with Crippen molar-refractivity contribution in [2.45, 2.75) is 45.4 Å². The van der Waals surface area contributed by atoms with Crippen LogP contribution < -0.4 is 0 Å². The summed E-state index contributed by atoms with van der Waals surface area (Å²) in [4.78, 5) is 14.6. The van der Waals surface area contributed by atoms with E-state index in [-0.39, 0.29) is 5.78 Å². The number of aryl methyl sites for hydroxylation is 1. The fourth-order valence-corrected chi connectivity index (χ4v) is 3.21. The lowest BCUT2D eigenvalue weighted by Crippen LogP contribution is -2.29. The molecule has 0 spiro atoms. The first kappa shape index (κ1) is 15.2. The van der Waals surface area contributed by atoms with Gasteiger partial charge in [0.2, 0.25) is 0 Å². The average molecular weight is 273 g/mol. The molecule has 0 radical (unpaired) electrons. The van der Waals surface area contributed by atoms with Crippen LogP contribution in [-0.2, 0) is 0 Å². The summed E-state index contributed by atoms with van der Waals surface area (Å²) in [5.41, 5.74) is 1.98. The van der Waals surface area contributed by atoms with E-state index in [9.17, 15) is 4.79 Å². The van der Waals surface area contributed by atoms with E-state index in [2.05, 4.69) is 11.9 Å². The number of benzene rings is 1. The lowest BCUT2D eigenvalue weighted by molar-refractivity contribution is 0.0963. The Morgan fingerprint density at radius 3 is 2.60 bits per heavy atom. The largest absolute Gasteiger partial charge is 0.306 e. The number of nitrogens with zero attached hydrogens (tertiary/aromatic N) is 1. The van der Waals surface area contributed by atoms with Crippen LogP contribution >= 0.6 is 0 Å². The van der Waals surface area contributed by atoms with Crippen LogP contribution in [0.15, 0.2) is 24.3 Å². The summed E-state index contributed by atoms with van der Waals surface area (Å²) in [7, 11) is 2.15. The molecule has 0 N–H and O–H groups in total. The summed E-state index contributed by atoms with van der Waals surface area (Å²) in [5.74, 6) is 1.13. The van der Waals surface area contributed by atoms with E-state index in [1.807, 2.05) is 31.2 Å². The number of Topliss-reactive ketones (excluding diaryl/α,β-unsaturated/α-hetero) is 1. The van der Waals surface area contributed by atoms with Gasteiger partial charge in [-0.2, -0.15) is 0 Å². The molecule has 0 amide bonds. The zero-order chi connectivity index (χ0) is 14.4. The first-order valence-corrected chi connectivity index (χ1v) is 7.94. The van der Waals surface area contributed by atoms with Gasteiger partial charge >= 0.3 is 0 Å². The Morgan fingerprint density at radius 2 is 1.90 bits per heavy atom. The number of hydrogen-bond donors (Lipinski definition) is 0. The smallest absolute Gasteiger partial charge is 0.164 e. The van der Waals surface area contributed by atoms with E-state index in [1.165, 1.54) is 32.1 Å². The standard InChI is InChI=1S/C18H27NO/c1-15-8-6-7-11-17(15)18(20)12-13-19(2)14-16-9-4-3-5-10-16/h6-8,11,16H,3-5,9-10,12-14H2,1-2H3. The van der Waals surface area contributed by atoms with Gasteiger partial charge in [-0.05, 0) is 38.3 Å². The molecule has 20 heavy (non-hydrogen) atoms. The van der Waals surface area contributed by atoms with Crippen molar-refractivity contribution in [1.29, 1.82) is 0 Å². The number of ketones is 1. The van der Waals surface area contributed by atoms with Gasteiger partial charge in [-0.25, -0.2) is 0 Å². The first-order chi connectivity index (χ1) is 9.66. The quantitative estimate of drug-likeness (QED) is 0.728. The minimum Gasteiger partial charge on any atom is -0.306 e. The van der Waals surface area contributed by atoms with Gasteiger partial charge in [0, 0.05) is 25.1 Å². The Balaban J connectivity index is 1.76. The maximum absolute atomic E-state index is 12.2. The summed E-state index contributed by atoms with van der Waals surface area (Å²) in [5, 5.41) is 0. The lowest BCUT2D eigenvalue weighted by Gasteiger charge is -2.26. The maximum atomic E-state index is 12.2. The van der Waals surface area contributed by atoms with Crippen LogP contribution in [0.5, 0.6) is 0 Å². The van der Waals surface area contributed by atoms with Gasteiger partial charge < -0.3 is 4.90 Å². The van der Waals surface area contributed by atoms with Crippen LogP contribution in [0, 0.1) is 12.8 Å². The molecule has 2 nitrogen and oxygen atoms in total. The zero-order valence-electron chi connectivity index (χ0n) is 12.9. The van der Waals surface area contributed by atoms with Gasteiger partial charge in [-0.3, -0.25) is 4.79 Å². The van der Waals surface area contributed by atoms with Crippen molar-refractivity contribution in [1.82, 2.24) is 4.90 Å². The van der Waals surface area contributed by atoms with E-state index >= 15 is 0 Å². The summed E-state index contributed by atoms with van der Waals surface area (Å²) in [6.07, 6.45) is 7.56. The van der Waals surface area contributed by atoms with Gasteiger partial charge in [0.15, 0.2) is 5.78 Å². The highest BCUT2D eigenvalue weighted by Crippen LogP contribution is 2.24.